The summed E-state index contributed by atoms with van der Waals surface area (Å²) in [5, 5.41) is 2.80. The molecule has 0 bridgehead atoms. The maximum atomic E-state index is 11.8. The normalized spacial score (nSPS) is 17.9. The van der Waals surface area contributed by atoms with Crippen molar-refractivity contribution < 1.29 is 14.4 Å². The summed E-state index contributed by atoms with van der Waals surface area (Å²) < 4.78 is 0. The molecule has 0 spiro atoms. The third-order valence-electron chi connectivity index (χ3n) is 3.12. The third kappa shape index (κ3) is 1.77. The topological polar surface area (TPSA) is 66.5 Å². The van der Waals surface area contributed by atoms with Crippen molar-refractivity contribution in [3.8, 4) is 0 Å². The average molecular weight is 244 g/mol. The van der Waals surface area contributed by atoms with Gasteiger partial charge in [0, 0.05) is 6.04 Å². The minimum atomic E-state index is -0.623. The van der Waals surface area contributed by atoms with Crippen molar-refractivity contribution in [3.05, 3.63) is 29.8 Å². The molecule has 1 N–H and O–H groups in total. The van der Waals surface area contributed by atoms with Gasteiger partial charge in [0.25, 0.3) is 11.7 Å². The molecular weight excluding hydrogens is 232 g/mol. The van der Waals surface area contributed by atoms with E-state index < -0.39 is 11.7 Å². The molecule has 0 atom stereocenters. The fraction of sp³-hybridized carbons (Fsp3) is 0.308. The molecule has 1 aliphatic carbocycles. The maximum absolute atomic E-state index is 11.8. The number of rotatable bonds is 3. The zero-order valence-corrected chi connectivity index (χ0v) is 9.68. The lowest BCUT2D eigenvalue weighted by Crippen LogP contribution is -2.40. The Morgan fingerprint density at radius 2 is 2.00 bits per heavy atom. The third-order valence-corrected chi connectivity index (χ3v) is 3.12. The maximum Gasteiger partial charge on any atom is 0.299 e. The van der Waals surface area contributed by atoms with Crippen LogP contribution in [0.1, 0.15) is 23.2 Å². The van der Waals surface area contributed by atoms with Crippen molar-refractivity contribution in [2.45, 2.75) is 18.9 Å². The van der Waals surface area contributed by atoms with E-state index in [2.05, 4.69) is 5.32 Å². The number of carbonyl (C=O) groups is 3. The van der Waals surface area contributed by atoms with Crippen molar-refractivity contribution in [1.29, 1.82) is 0 Å². The van der Waals surface area contributed by atoms with Crippen LogP contribution < -0.4 is 10.2 Å². The number of carbonyl (C=O) groups excluding carboxylic acids is 3. The number of benzene rings is 1. The Kier molecular flexibility index (Phi) is 2.40. The molecule has 0 unspecified atom stereocenters. The first kappa shape index (κ1) is 11.0. The average Bonchev–Trinajstić information content (AvgIpc) is 3.14. The minimum absolute atomic E-state index is 0.0852. The van der Waals surface area contributed by atoms with Crippen molar-refractivity contribution in [1.82, 2.24) is 5.32 Å². The molecule has 1 heterocycles. The summed E-state index contributed by atoms with van der Waals surface area (Å²) in [6, 6.07) is 6.99. The quantitative estimate of drug-likeness (QED) is 0.787. The van der Waals surface area contributed by atoms with Gasteiger partial charge in [-0.2, -0.15) is 0 Å². The first-order chi connectivity index (χ1) is 8.66. The fourth-order valence-corrected chi connectivity index (χ4v) is 2.05. The van der Waals surface area contributed by atoms with E-state index in [-0.39, 0.29) is 18.5 Å². The monoisotopic (exact) mass is 244 g/mol. The van der Waals surface area contributed by atoms with E-state index >= 15 is 0 Å². The zero-order chi connectivity index (χ0) is 12.7. The highest BCUT2D eigenvalue weighted by Gasteiger charge is 2.37. The van der Waals surface area contributed by atoms with E-state index in [1.54, 1.807) is 24.3 Å². The van der Waals surface area contributed by atoms with Gasteiger partial charge >= 0.3 is 0 Å². The number of fused-ring (bicyclic) bond motifs is 1. The fourth-order valence-electron chi connectivity index (χ4n) is 2.05. The van der Waals surface area contributed by atoms with Gasteiger partial charge in [-0.25, -0.2) is 0 Å². The van der Waals surface area contributed by atoms with Crippen LogP contribution in [0.2, 0.25) is 0 Å². The van der Waals surface area contributed by atoms with Gasteiger partial charge in [0.1, 0.15) is 6.54 Å². The predicted octanol–water partition coefficient (Wildman–Crippen LogP) is 0.494. The van der Waals surface area contributed by atoms with Crippen LogP contribution in [0, 0.1) is 0 Å². The van der Waals surface area contributed by atoms with Crippen LogP contribution in [0.3, 0.4) is 0 Å². The van der Waals surface area contributed by atoms with Crippen molar-refractivity contribution >= 4 is 23.3 Å². The highest BCUT2D eigenvalue weighted by molar-refractivity contribution is 6.52. The van der Waals surface area contributed by atoms with E-state index in [9.17, 15) is 14.4 Å². The summed E-state index contributed by atoms with van der Waals surface area (Å²) in [7, 11) is 0. The summed E-state index contributed by atoms with van der Waals surface area (Å²) in [4.78, 5) is 36.4. The molecular formula is C13H12N2O3. The SMILES string of the molecule is O=C(CN1C(=O)C(=O)c2ccccc21)NC1CC1. The van der Waals surface area contributed by atoms with Crippen LogP contribution in [-0.4, -0.2) is 30.2 Å². The molecule has 0 radical (unpaired) electrons. The van der Waals surface area contributed by atoms with Crippen LogP contribution >= 0.6 is 0 Å². The molecule has 1 saturated carbocycles. The summed E-state index contributed by atoms with van der Waals surface area (Å²) >= 11 is 0. The number of para-hydroxylation sites is 1. The van der Waals surface area contributed by atoms with Gasteiger partial charge in [-0.3, -0.25) is 19.3 Å². The van der Waals surface area contributed by atoms with E-state index in [1.807, 2.05) is 0 Å². The first-order valence-corrected chi connectivity index (χ1v) is 5.91. The molecule has 2 aliphatic rings. The van der Waals surface area contributed by atoms with Crippen LogP contribution in [-0.2, 0) is 9.59 Å². The van der Waals surface area contributed by atoms with Gasteiger partial charge in [0.15, 0.2) is 0 Å². The Bertz CT molecular complexity index is 549. The Hall–Kier alpha value is -2.17. The molecule has 0 saturated heterocycles. The van der Waals surface area contributed by atoms with E-state index in [0.717, 1.165) is 12.8 Å². The lowest BCUT2D eigenvalue weighted by Gasteiger charge is -2.15. The molecule has 0 aromatic heterocycles. The van der Waals surface area contributed by atoms with E-state index in [4.69, 9.17) is 0 Å². The number of amides is 2. The number of anilines is 1. The minimum Gasteiger partial charge on any atom is -0.352 e. The number of nitrogens with one attached hydrogen (secondary N) is 1. The second kappa shape index (κ2) is 3.94. The molecule has 1 aromatic carbocycles. The van der Waals surface area contributed by atoms with Crippen LogP contribution in [0.25, 0.3) is 0 Å². The van der Waals surface area contributed by atoms with Gasteiger partial charge in [0.05, 0.1) is 11.3 Å². The Labute approximate surface area is 104 Å². The second-order valence-electron chi connectivity index (χ2n) is 4.58. The molecule has 18 heavy (non-hydrogen) atoms. The number of hydrogen-bond acceptors (Lipinski definition) is 3. The van der Waals surface area contributed by atoms with Gasteiger partial charge < -0.3 is 5.32 Å². The second-order valence-corrected chi connectivity index (χ2v) is 4.58. The summed E-state index contributed by atoms with van der Waals surface area (Å²) in [6.45, 7) is -0.0852. The van der Waals surface area contributed by atoms with E-state index in [0.29, 0.717) is 11.3 Å². The molecule has 1 aromatic rings. The summed E-state index contributed by atoms with van der Waals surface area (Å²) in [5.74, 6) is -1.37. The lowest BCUT2D eigenvalue weighted by atomic mass is 10.1. The number of hydrogen-bond donors (Lipinski definition) is 1. The number of Topliss-reactive ketones (excluding diaryl/α,β-unsaturated/α-hetero) is 1. The zero-order valence-electron chi connectivity index (χ0n) is 9.68. The highest BCUT2D eigenvalue weighted by atomic mass is 16.2. The Morgan fingerprint density at radius 1 is 1.28 bits per heavy atom. The van der Waals surface area contributed by atoms with Crippen LogP contribution in [0.15, 0.2) is 24.3 Å². The molecule has 92 valence electrons. The lowest BCUT2D eigenvalue weighted by molar-refractivity contribution is -0.122. The molecule has 3 rings (SSSR count). The summed E-state index contributed by atoms with van der Waals surface area (Å²) in [6.07, 6.45) is 1.99. The molecule has 5 nitrogen and oxygen atoms in total. The summed E-state index contributed by atoms with van der Waals surface area (Å²) in [5.41, 5.74) is 0.903. The van der Waals surface area contributed by atoms with Gasteiger partial charge in [-0.05, 0) is 25.0 Å². The van der Waals surface area contributed by atoms with Crippen molar-refractivity contribution in [3.63, 3.8) is 0 Å². The largest absolute Gasteiger partial charge is 0.352 e. The first-order valence-electron chi connectivity index (χ1n) is 5.91. The van der Waals surface area contributed by atoms with Crippen molar-refractivity contribution in [2.75, 3.05) is 11.4 Å². The molecule has 5 heteroatoms. The van der Waals surface area contributed by atoms with Crippen LogP contribution in [0.5, 0.6) is 0 Å². The van der Waals surface area contributed by atoms with Gasteiger partial charge in [-0.15, -0.1) is 0 Å². The van der Waals surface area contributed by atoms with Crippen molar-refractivity contribution in [2.24, 2.45) is 0 Å². The Morgan fingerprint density at radius 3 is 2.72 bits per heavy atom. The number of ketones is 1. The molecule has 2 amide bonds. The highest BCUT2D eigenvalue weighted by Crippen LogP contribution is 2.28. The Balaban J connectivity index is 1.81. The predicted molar refractivity (Wildman–Crippen MR) is 64.3 cm³/mol. The van der Waals surface area contributed by atoms with E-state index in [1.165, 1.54) is 4.90 Å². The molecule has 1 aliphatic heterocycles. The number of nitrogens with zero attached hydrogens (tertiary/aromatic N) is 1. The standard InChI is InChI=1S/C13H12N2O3/c16-11(14-8-5-6-8)7-15-10-4-2-1-3-9(10)12(17)13(15)18/h1-4,8H,5-7H2,(H,14,16). The molecule has 1 fully saturated rings. The van der Waals surface area contributed by atoms with Gasteiger partial charge in [-0.1, -0.05) is 12.1 Å². The van der Waals surface area contributed by atoms with Crippen LogP contribution in [0.4, 0.5) is 5.69 Å². The van der Waals surface area contributed by atoms with Gasteiger partial charge in [0.2, 0.25) is 5.91 Å². The smallest absolute Gasteiger partial charge is 0.299 e.